The van der Waals surface area contributed by atoms with Gasteiger partial charge >= 0.3 is 0 Å². The zero-order valence-corrected chi connectivity index (χ0v) is 7.42. The summed E-state index contributed by atoms with van der Waals surface area (Å²) in [6.07, 6.45) is 1.13. The average Bonchev–Trinajstić information content (AvgIpc) is 2.07. The highest BCUT2D eigenvalue weighted by molar-refractivity contribution is 5.49. The molecule has 0 radical (unpaired) electrons. The van der Waals surface area contributed by atoms with Gasteiger partial charge in [0, 0.05) is 11.6 Å². The minimum Gasteiger partial charge on any atom is -0.496 e. The maximum absolute atomic E-state index is 5.27. The molecule has 2 rings (SSSR count). The quantitative estimate of drug-likeness (QED) is 0.713. The molecule has 0 aliphatic heterocycles. The Morgan fingerprint density at radius 1 is 1.50 bits per heavy atom. The number of rotatable bonds is 2. The van der Waals surface area contributed by atoms with Crippen LogP contribution < -0.4 is 10.1 Å². The fourth-order valence-corrected chi connectivity index (χ4v) is 1.78. The lowest BCUT2D eigenvalue weighted by molar-refractivity contribution is 0.389. The van der Waals surface area contributed by atoms with E-state index in [1.54, 1.807) is 7.11 Å². The summed E-state index contributed by atoms with van der Waals surface area (Å²) >= 11 is 0. The van der Waals surface area contributed by atoms with Crippen molar-refractivity contribution in [2.24, 2.45) is 0 Å². The maximum atomic E-state index is 5.27. The Bertz CT molecular complexity index is 296. The van der Waals surface area contributed by atoms with E-state index in [0.29, 0.717) is 6.04 Å². The second-order valence-electron chi connectivity index (χ2n) is 3.08. The molecule has 1 aliphatic carbocycles. The van der Waals surface area contributed by atoms with Crippen LogP contribution >= 0.6 is 0 Å². The highest BCUT2D eigenvalue weighted by Gasteiger charge is 2.27. The molecule has 64 valence electrons. The van der Waals surface area contributed by atoms with Crippen LogP contribution in [-0.4, -0.2) is 14.2 Å². The topological polar surface area (TPSA) is 21.3 Å². The molecular formula is C10H13NO. The summed E-state index contributed by atoms with van der Waals surface area (Å²) in [7, 11) is 3.71. The number of hydrogen-bond acceptors (Lipinski definition) is 2. The van der Waals surface area contributed by atoms with Crippen molar-refractivity contribution in [1.82, 2.24) is 5.32 Å². The molecule has 0 heterocycles. The van der Waals surface area contributed by atoms with Crippen LogP contribution in [0.5, 0.6) is 5.75 Å². The van der Waals surface area contributed by atoms with Gasteiger partial charge in [0.1, 0.15) is 5.75 Å². The van der Waals surface area contributed by atoms with E-state index in [9.17, 15) is 0 Å². The third-order valence-corrected chi connectivity index (χ3v) is 2.50. The third-order valence-electron chi connectivity index (χ3n) is 2.50. The standard InChI is InChI=1S/C10H13NO/c1-11-8-6-7-4-3-5-9(12-2)10(7)8/h3-5,8,11H,6H2,1-2H3. The number of likely N-dealkylation sites (N-methyl/N-ethyl adjacent to an activating group) is 1. The Kier molecular flexibility index (Phi) is 1.77. The van der Waals surface area contributed by atoms with E-state index in [-0.39, 0.29) is 0 Å². The smallest absolute Gasteiger partial charge is 0.123 e. The highest BCUT2D eigenvalue weighted by atomic mass is 16.5. The Labute approximate surface area is 72.5 Å². The molecule has 0 amide bonds. The van der Waals surface area contributed by atoms with Gasteiger partial charge < -0.3 is 10.1 Å². The van der Waals surface area contributed by atoms with Gasteiger partial charge in [-0.3, -0.25) is 0 Å². The van der Waals surface area contributed by atoms with E-state index in [0.717, 1.165) is 12.2 Å². The van der Waals surface area contributed by atoms with E-state index in [2.05, 4.69) is 11.4 Å². The molecule has 1 unspecified atom stereocenters. The maximum Gasteiger partial charge on any atom is 0.123 e. The first-order valence-corrected chi connectivity index (χ1v) is 4.20. The molecule has 0 saturated heterocycles. The van der Waals surface area contributed by atoms with Gasteiger partial charge in [0.05, 0.1) is 7.11 Å². The Balaban J connectivity index is 2.40. The molecule has 1 aromatic carbocycles. The van der Waals surface area contributed by atoms with Crippen molar-refractivity contribution >= 4 is 0 Å². The lowest BCUT2D eigenvalue weighted by Gasteiger charge is -2.31. The predicted octanol–water partition coefficient (Wildman–Crippen LogP) is 1.51. The van der Waals surface area contributed by atoms with E-state index in [4.69, 9.17) is 4.74 Å². The van der Waals surface area contributed by atoms with Gasteiger partial charge in [-0.25, -0.2) is 0 Å². The molecule has 0 fully saturated rings. The number of fused-ring (bicyclic) bond motifs is 1. The number of nitrogens with one attached hydrogen (secondary N) is 1. The molecule has 2 nitrogen and oxygen atoms in total. The average molecular weight is 163 g/mol. The summed E-state index contributed by atoms with van der Waals surface area (Å²) < 4.78 is 5.27. The predicted molar refractivity (Wildman–Crippen MR) is 48.5 cm³/mol. The minimum absolute atomic E-state index is 0.496. The van der Waals surface area contributed by atoms with Crippen molar-refractivity contribution < 1.29 is 4.74 Å². The first-order valence-electron chi connectivity index (χ1n) is 4.20. The minimum atomic E-state index is 0.496. The van der Waals surface area contributed by atoms with Gasteiger partial charge in [-0.15, -0.1) is 0 Å². The fraction of sp³-hybridized carbons (Fsp3) is 0.400. The van der Waals surface area contributed by atoms with Crippen LogP contribution in [0.3, 0.4) is 0 Å². The van der Waals surface area contributed by atoms with E-state index in [1.807, 2.05) is 19.2 Å². The highest BCUT2D eigenvalue weighted by Crippen LogP contribution is 2.39. The molecule has 0 aromatic heterocycles. The van der Waals surface area contributed by atoms with E-state index in [1.165, 1.54) is 11.1 Å². The molecule has 1 atom stereocenters. The molecule has 0 spiro atoms. The summed E-state index contributed by atoms with van der Waals surface area (Å²) in [6, 6.07) is 6.72. The van der Waals surface area contributed by atoms with Crippen molar-refractivity contribution in [2.75, 3.05) is 14.2 Å². The van der Waals surface area contributed by atoms with Gasteiger partial charge in [-0.2, -0.15) is 0 Å². The van der Waals surface area contributed by atoms with Crippen LogP contribution in [0.1, 0.15) is 17.2 Å². The molecule has 1 N–H and O–H groups in total. The Morgan fingerprint density at radius 2 is 2.33 bits per heavy atom. The third kappa shape index (κ3) is 0.916. The van der Waals surface area contributed by atoms with Crippen LogP contribution in [0.2, 0.25) is 0 Å². The van der Waals surface area contributed by atoms with Crippen molar-refractivity contribution in [1.29, 1.82) is 0 Å². The Morgan fingerprint density at radius 3 is 3.00 bits per heavy atom. The zero-order chi connectivity index (χ0) is 8.55. The number of hydrogen-bond donors (Lipinski definition) is 1. The van der Waals surface area contributed by atoms with Crippen LogP contribution in [0.25, 0.3) is 0 Å². The second kappa shape index (κ2) is 2.79. The summed E-state index contributed by atoms with van der Waals surface area (Å²) in [5, 5.41) is 3.25. The number of ether oxygens (including phenoxy) is 1. The molecule has 1 aliphatic rings. The summed E-state index contributed by atoms with van der Waals surface area (Å²) in [4.78, 5) is 0. The first-order chi connectivity index (χ1) is 5.86. The van der Waals surface area contributed by atoms with Crippen molar-refractivity contribution in [3.63, 3.8) is 0 Å². The van der Waals surface area contributed by atoms with Crippen LogP contribution in [-0.2, 0) is 6.42 Å². The van der Waals surface area contributed by atoms with Gasteiger partial charge in [-0.1, -0.05) is 12.1 Å². The summed E-state index contributed by atoms with van der Waals surface area (Å²) in [6.45, 7) is 0. The monoisotopic (exact) mass is 163 g/mol. The molecule has 12 heavy (non-hydrogen) atoms. The largest absolute Gasteiger partial charge is 0.496 e. The SMILES string of the molecule is CNC1Cc2cccc(OC)c21. The molecule has 0 saturated carbocycles. The molecule has 2 heteroatoms. The van der Waals surface area contributed by atoms with Crippen molar-refractivity contribution in [2.45, 2.75) is 12.5 Å². The lowest BCUT2D eigenvalue weighted by atomic mass is 9.83. The summed E-state index contributed by atoms with van der Waals surface area (Å²) in [5.74, 6) is 1.01. The first kappa shape index (κ1) is 7.62. The lowest BCUT2D eigenvalue weighted by Crippen LogP contribution is -2.28. The normalized spacial score (nSPS) is 19.7. The number of methoxy groups -OCH3 is 1. The second-order valence-corrected chi connectivity index (χ2v) is 3.08. The van der Waals surface area contributed by atoms with Gasteiger partial charge in [0.25, 0.3) is 0 Å². The van der Waals surface area contributed by atoms with E-state index >= 15 is 0 Å². The van der Waals surface area contributed by atoms with Crippen LogP contribution in [0.15, 0.2) is 18.2 Å². The van der Waals surface area contributed by atoms with E-state index < -0.39 is 0 Å². The molecule has 1 aromatic rings. The van der Waals surface area contributed by atoms with Crippen molar-refractivity contribution in [3.8, 4) is 5.75 Å². The molecule has 0 bridgehead atoms. The molecular weight excluding hydrogens is 150 g/mol. The zero-order valence-electron chi connectivity index (χ0n) is 7.42. The van der Waals surface area contributed by atoms with Gasteiger partial charge in [0.15, 0.2) is 0 Å². The fourth-order valence-electron chi connectivity index (χ4n) is 1.78. The van der Waals surface area contributed by atoms with Crippen LogP contribution in [0.4, 0.5) is 0 Å². The van der Waals surface area contributed by atoms with Gasteiger partial charge in [-0.05, 0) is 25.1 Å². The van der Waals surface area contributed by atoms with Crippen LogP contribution in [0, 0.1) is 0 Å². The number of benzene rings is 1. The summed E-state index contributed by atoms with van der Waals surface area (Å²) in [5.41, 5.74) is 2.75. The van der Waals surface area contributed by atoms with Gasteiger partial charge in [0.2, 0.25) is 0 Å². The Hall–Kier alpha value is -1.02. The van der Waals surface area contributed by atoms with Crippen molar-refractivity contribution in [3.05, 3.63) is 29.3 Å².